The second kappa shape index (κ2) is 3.71. The van der Waals surface area contributed by atoms with Crippen LogP contribution in [0.3, 0.4) is 0 Å². The first-order valence-electron chi connectivity index (χ1n) is 5.81. The van der Waals surface area contributed by atoms with Crippen molar-refractivity contribution in [3.05, 3.63) is 0 Å². The molecule has 0 aromatic heterocycles. The first-order valence-corrected chi connectivity index (χ1v) is 12.4. The van der Waals surface area contributed by atoms with Crippen LogP contribution in [0.25, 0.3) is 0 Å². The van der Waals surface area contributed by atoms with Gasteiger partial charge in [0, 0.05) is 0 Å². The summed E-state index contributed by atoms with van der Waals surface area (Å²) in [4.78, 5) is 4.46. The van der Waals surface area contributed by atoms with Crippen molar-refractivity contribution < 1.29 is 4.74 Å². The molecule has 0 aromatic rings. The van der Waals surface area contributed by atoms with Gasteiger partial charge >= 0.3 is 0 Å². The van der Waals surface area contributed by atoms with Gasteiger partial charge in [0.25, 0.3) is 0 Å². The van der Waals surface area contributed by atoms with Gasteiger partial charge in [-0.15, -0.1) is 0 Å². The van der Waals surface area contributed by atoms with Gasteiger partial charge in [-0.1, -0.05) is 32.2 Å². The van der Waals surface area contributed by atoms with Crippen molar-refractivity contribution in [2.24, 2.45) is 4.99 Å². The molecule has 2 aliphatic rings. The maximum atomic E-state index is 5.28. The minimum Gasteiger partial charge on any atom is -0.480 e. The van der Waals surface area contributed by atoms with E-state index in [-0.39, 0.29) is 0 Å². The van der Waals surface area contributed by atoms with E-state index >= 15 is 0 Å². The molecule has 1 saturated heterocycles. The van der Waals surface area contributed by atoms with Crippen LogP contribution in [0.1, 0.15) is 0 Å². The molecule has 1 fully saturated rings. The Kier molecular flexibility index (Phi) is 2.81. The number of rotatable bonds is 1. The van der Waals surface area contributed by atoms with E-state index in [1.165, 1.54) is 18.3 Å². The van der Waals surface area contributed by atoms with Gasteiger partial charge < -0.3 is 9.30 Å². The molecular formula is C10H22N2OSi2. The molecule has 2 heterocycles. The number of hydrogen-bond acceptors (Lipinski definition) is 3. The zero-order chi connectivity index (χ0) is 11.1. The number of ether oxygens (including phenoxy) is 1. The van der Waals surface area contributed by atoms with E-state index in [1.54, 1.807) is 6.40 Å². The Hall–Kier alpha value is -0.136. The lowest BCUT2D eigenvalue weighted by atomic mass is 10.6. The largest absolute Gasteiger partial charge is 0.480 e. The highest BCUT2D eigenvalue weighted by molar-refractivity contribution is 6.85. The molecule has 0 bridgehead atoms. The highest BCUT2D eigenvalue weighted by Gasteiger charge is 2.44. The zero-order valence-corrected chi connectivity index (χ0v) is 12.3. The van der Waals surface area contributed by atoms with Gasteiger partial charge in [-0.05, 0) is 12.2 Å². The van der Waals surface area contributed by atoms with Crippen LogP contribution in [0.4, 0.5) is 0 Å². The van der Waals surface area contributed by atoms with Crippen LogP contribution in [0.2, 0.25) is 38.3 Å². The molecule has 0 radical (unpaired) electrons. The van der Waals surface area contributed by atoms with Crippen molar-refractivity contribution >= 4 is 22.7 Å². The fourth-order valence-corrected chi connectivity index (χ4v) is 13.2. The molecule has 15 heavy (non-hydrogen) atoms. The third-order valence-electron chi connectivity index (χ3n) is 3.70. The molecule has 0 aliphatic carbocycles. The molecule has 2 rings (SSSR count). The van der Waals surface area contributed by atoms with Crippen LogP contribution in [0, 0.1) is 0 Å². The van der Waals surface area contributed by atoms with Crippen molar-refractivity contribution in [3.63, 3.8) is 0 Å². The summed E-state index contributed by atoms with van der Waals surface area (Å²) in [6, 6.07) is 2.94. The lowest BCUT2D eigenvalue weighted by Gasteiger charge is -2.48. The Bertz CT molecular complexity index is 279. The standard InChI is InChI=1S/C10H22N2OSi2/c1-14(2)5-6-15(3,4)12(9-14)10-7-13-8-11-10/h8,10H,5-7,9H2,1-4H3. The summed E-state index contributed by atoms with van der Waals surface area (Å²) in [5.74, 6) is 0. The number of aliphatic imine (C=N–C) groups is 1. The Labute approximate surface area is 94.6 Å². The molecule has 2 aliphatic heterocycles. The summed E-state index contributed by atoms with van der Waals surface area (Å²) in [7, 11) is -2.18. The minimum absolute atomic E-state index is 0.332. The predicted molar refractivity (Wildman–Crippen MR) is 69.5 cm³/mol. The molecule has 0 aromatic carbocycles. The molecule has 1 unspecified atom stereocenters. The van der Waals surface area contributed by atoms with E-state index in [0.29, 0.717) is 6.17 Å². The van der Waals surface area contributed by atoms with Gasteiger partial charge in [0.2, 0.25) is 0 Å². The summed E-state index contributed by atoms with van der Waals surface area (Å²) < 4.78 is 7.98. The number of nitrogens with zero attached hydrogens (tertiary/aromatic N) is 2. The van der Waals surface area contributed by atoms with Gasteiger partial charge in [-0.25, -0.2) is 4.99 Å². The van der Waals surface area contributed by atoms with E-state index in [4.69, 9.17) is 4.74 Å². The molecule has 0 saturated carbocycles. The monoisotopic (exact) mass is 242 g/mol. The van der Waals surface area contributed by atoms with Gasteiger partial charge in [-0.3, -0.25) is 0 Å². The van der Waals surface area contributed by atoms with Crippen molar-refractivity contribution in [2.45, 2.75) is 44.4 Å². The summed E-state index contributed by atoms with van der Waals surface area (Å²) in [5, 5.41) is 0. The van der Waals surface area contributed by atoms with E-state index in [2.05, 4.69) is 35.7 Å². The molecule has 1 atom stereocenters. The van der Waals surface area contributed by atoms with E-state index in [0.717, 1.165) is 6.61 Å². The van der Waals surface area contributed by atoms with Crippen LogP contribution in [0.15, 0.2) is 4.99 Å². The molecule has 0 N–H and O–H groups in total. The van der Waals surface area contributed by atoms with E-state index < -0.39 is 16.3 Å². The summed E-state index contributed by atoms with van der Waals surface area (Å²) in [6.07, 6.45) is 3.29. The Morgan fingerprint density at radius 3 is 2.60 bits per heavy atom. The maximum Gasteiger partial charge on any atom is 0.171 e. The zero-order valence-electron chi connectivity index (χ0n) is 10.3. The number of hydrogen-bond donors (Lipinski definition) is 0. The van der Waals surface area contributed by atoms with Crippen molar-refractivity contribution in [3.8, 4) is 0 Å². The molecule has 86 valence electrons. The van der Waals surface area contributed by atoms with Crippen LogP contribution in [-0.4, -0.2) is 46.2 Å². The third kappa shape index (κ3) is 2.34. The van der Waals surface area contributed by atoms with Gasteiger partial charge in [0.05, 0.1) is 8.07 Å². The van der Waals surface area contributed by atoms with Gasteiger partial charge in [0.15, 0.2) is 6.40 Å². The lowest BCUT2D eigenvalue weighted by Crippen LogP contribution is -2.63. The second-order valence-corrected chi connectivity index (χ2v) is 16.0. The Morgan fingerprint density at radius 2 is 2.00 bits per heavy atom. The smallest absolute Gasteiger partial charge is 0.171 e. The topological polar surface area (TPSA) is 24.8 Å². The lowest BCUT2D eigenvalue weighted by molar-refractivity contribution is 0.248. The van der Waals surface area contributed by atoms with Crippen LogP contribution < -0.4 is 0 Å². The SMILES string of the molecule is C[Si]1(C)CC[Si](C)(C)N(C2COC=N2)C1. The van der Waals surface area contributed by atoms with Gasteiger partial charge in [0.1, 0.15) is 21.0 Å². The fourth-order valence-electron chi connectivity index (χ4n) is 2.51. The Morgan fingerprint density at radius 1 is 1.27 bits per heavy atom. The predicted octanol–water partition coefficient (Wildman–Crippen LogP) is 2.14. The average molecular weight is 242 g/mol. The quantitative estimate of drug-likeness (QED) is 0.658. The highest BCUT2D eigenvalue weighted by atomic mass is 28.3. The van der Waals surface area contributed by atoms with Crippen LogP contribution in [-0.2, 0) is 4.74 Å². The molecular weight excluding hydrogens is 220 g/mol. The molecule has 5 heteroatoms. The van der Waals surface area contributed by atoms with E-state index in [9.17, 15) is 0 Å². The molecule has 3 nitrogen and oxygen atoms in total. The summed E-state index contributed by atoms with van der Waals surface area (Å²) in [5.41, 5.74) is 0. The fraction of sp³-hybridized carbons (Fsp3) is 0.900. The normalized spacial score (nSPS) is 34.0. The first-order chi connectivity index (χ1) is 6.91. The molecule has 0 spiro atoms. The first kappa shape index (κ1) is 11.4. The summed E-state index contributed by atoms with van der Waals surface area (Å²) in [6.45, 7) is 10.7. The summed E-state index contributed by atoms with van der Waals surface area (Å²) >= 11 is 0. The molecule has 0 amide bonds. The van der Waals surface area contributed by atoms with Crippen molar-refractivity contribution in [1.29, 1.82) is 0 Å². The van der Waals surface area contributed by atoms with Crippen molar-refractivity contribution in [1.82, 2.24) is 4.57 Å². The maximum absolute atomic E-state index is 5.28. The third-order valence-corrected chi connectivity index (χ3v) is 10.8. The average Bonchev–Trinajstić information content (AvgIpc) is 2.62. The Balaban J connectivity index is 2.14. The van der Waals surface area contributed by atoms with E-state index in [1.807, 2.05) is 0 Å². The van der Waals surface area contributed by atoms with Crippen LogP contribution in [0.5, 0.6) is 0 Å². The highest BCUT2D eigenvalue weighted by Crippen LogP contribution is 2.33. The second-order valence-electron chi connectivity index (χ2n) is 6.17. The van der Waals surface area contributed by atoms with Crippen molar-refractivity contribution in [2.75, 3.05) is 12.8 Å². The van der Waals surface area contributed by atoms with Gasteiger partial charge in [-0.2, -0.15) is 0 Å². The van der Waals surface area contributed by atoms with Crippen LogP contribution >= 0.6 is 0 Å². The minimum atomic E-state index is -1.20.